The minimum Gasteiger partial charge on any atom is -0.313 e. The maximum atomic E-state index is 10.9. The van der Waals surface area contributed by atoms with Crippen LogP contribution in [0.15, 0.2) is 0 Å². The Bertz CT molecular complexity index is 116. The molecule has 0 aromatic rings. The van der Waals surface area contributed by atoms with E-state index in [4.69, 9.17) is 0 Å². The highest BCUT2D eigenvalue weighted by molar-refractivity contribution is 7.85. The van der Waals surface area contributed by atoms with Crippen LogP contribution in [-0.4, -0.2) is 28.3 Å². The molecule has 0 unspecified atom stereocenters. The van der Waals surface area contributed by atoms with Gasteiger partial charge in [0.15, 0.2) is 0 Å². The molecule has 0 aliphatic carbocycles. The van der Waals surface area contributed by atoms with Crippen LogP contribution in [0.4, 0.5) is 0 Å². The molecule has 1 aliphatic rings. The van der Waals surface area contributed by atoms with Gasteiger partial charge in [0.2, 0.25) is 0 Å². The molecule has 9 heavy (non-hydrogen) atoms. The summed E-state index contributed by atoms with van der Waals surface area (Å²) in [4.78, 5) is 0. The summed E-state index contributed by atoms with van der Waals surface area (Å²) in [5.41, 5.74) is 0. The number of rotatable bonds is 0. The van der Waals surface area contributed by atoms with Crippen molar-refractivity contribution in [2.45, 2.75) is 19.4 Å². The van der Waals surface area contributed by atoms with Crippen molar-refractivity contribution in [2.75, 3.05) is 18.1 Å². The van der Waals surface area contributed by atoms with Crippen molar-refractivity contribution in [3.05, 3.63) is 0 Å². The Balaban J connectivity index is 2.34. The van der Waals surface area contributed by atoms with E-state index in [2.05, 4.69) is 12.2 Å². The fourth-order valence-electron chi connectivity index (χ4n) is 0.932. The number of hydrogen-bond acceptors (Lipinski definition) is 2. The standard InChI is InChI=1S/C6H13NOS/c1-6-2-4-9(8)5-3-7-6/h6-7H,2-5H2,1H3/t6-,9-/m1/s1. The first kappa shape index (κ1) is 7.22. The zero-order valence-electron chi connectivity index (χ0n) is 5.72. The molecule has 54 valence electrons. The lowest BCUT2D eigenvalue weighted by molar-refractivity contribution is 0.567. The number of hydrogen-bond donors (Lipinski definition) is 1. The first-order chi connectivity index (χ1) is 4.29. The second-order valence-corrected chi connectivity index (χ2v) is 4.19. The van der Waals surface area contributed by atoms with Crippen LogP contribution in [0.3, 0.4) is 0 Å². The minimum atomic E-state index is -0.541. The molecule has 1 N–H and O–H groups in total. The Labute approximate surface area is 58.5 Å². The van der Waals surface area contributed by atoms with Gasteiger partial charge in [-0.05, 0) is 13.3 Å². The second kappa shape index (κ2) is 3.32. The van der Waals surface area contributed by atoms with Crippen LogP contribution in [0.25, 0.3) is 0 Å². The summed E-state index contributed by atoms with van der Waals surface area (Å²) in [5, 5.41) is 3.28. The fraction of sp³-hybridized carbons (Fsp3) is 1.00. The first-order valence-electron chi connectivity index (χ1n) is 3.37. The van der Waals surface area contributed by atoms with Crippen molar-refractivity contribution in [1.82, 2.24) is 5.32 Å². The Morgan fingerprint density at radius 1 is 1.56 bits per heavy atom. The molecular weight excluding hydrogens is 134 g/mol. The van der Waals surface area contributed by atoms with E-state index in [1.54, 1.807) is 0 Å². The highest BCUT2D eigenvalue weighted by Gasteiger charge is 2.09. The van der Waals surface area contributed by atoms with Gasteiger partial charge in [-0.2, -0.15) is 0 Å². The van der Waals surface area contributed by atoms with E-state index in [9.17, 15) is 4.21 Å². The van der Waals surface area contributed by atoms with Gasteiger partial charge in [-0.15, -0.1) is 0 Å². The Morgan fingerprint density at radius 3 is 3.11 bits per heavy atom. The van der Waals surface area contributed by atoms with Gasteiger partial charge < -0.3 is 5.32 Å². The average Bonchev–Trinajstić information content (AvgIpc) is 1.97. The summed E-state index contributed by atoms with van der Waals surface area (Å²) in [6.07, 6.45) is 1.06. The average molecular weight is 147 g/mol. The van der Waals surface area contributed by atoms with Crippen LogP contribution in [0.5, 0.6) is 0 Å². The molecule has 1 fully saturated rings. The van der Waals surface area contributed by atoms with Crippen LogP contribution in [0, 0.1) is 0 Å². The Morgan fingerprint density at radius 2 is 2.33 bits per heavy atom. The molecule has 1 saturated heterocycles. The quantitative estimate of drug-likeness (QED) is 0.527. The largest absolute Gasteiger partial charge is 0.313 e. The molecule has 0 radical (unpaired) electrons. The summed E-state index contributed by atoms with van der Waals surface area (Å²) in [7, 11) is -0.541. The third-order valence-electron chi connectivity index (χ3n) is 1.60. The molecule has 0 amide bonds. The summed E-state index contributed by atoms with van der Waals surface area (Å²) < 4.78 is 10.9. The van der Waals surface area contributed by atoms with Crippen molar-refractivity contribution < 1.29 is 4.21 Å². The SMILES string of the molecule is C[C@@H]1CC[S@@](=O)CCN1. The van der Waals surface area contributed by atoms with Gasteiger partial charge in [-0.1, -0.05) is 0 Å². The molecule has 1 heterocycles. The van der Waals surface area contributed by atoms with Crippen LogP contribution in [-0.2, 0) is 10.8 Å². The van der Waals surface area contributed by atoms with Crippen molar-refractivity contribution in [3.63, 3.8) is 0 Å². The predicted molar refractivity (Wildman–Crippen MR) is 40.0 cm³/mol. The lowest BCUT2D eigenvalue weighted by Gasteiger charge is -2.05. The van der Waals surface area contributed by atoms with Crippen molar-refractivity contribution >= 4 is 10.8 Å². The summed E-state index contributed by atoms with van der Waals surface area (Å²) in [6, 6.07) is 0.566. The van der Waals surface area contributed by atoms with Gasteiger partial charge in [0, 0.05) is 34.9 Å². The molecule has 2 nitrogen and oxygen atoms in total. The molecule has 0 spiro atoms. The van der Waals surface area contributed by atoms with Crippen molar-refractivity contribution in [3.8, 4) is 0 Å². The van der Waals surface area contributed by atoms with E-state index in [1.807, 2.05) is 0 Å². The topological polar surface area (TPSA) is 29.1 Å². The normalized spacial score (nSPS) is 37.9. The zero-order valence-corrected chi connectivity index (χ0v) is 6.54. The Hall–Kier alpha value is 0.110. The fourth-order valence-corrected chi connectivity index (χ4v) is 2.10. The third kappa shape index (κ3) is 2.45. The van der Waals surface area contributed by atoms with Crippen LogP contribution in [0.2, 0.25) is 0 Å². The van der Waals surface area contributed by atoms with E-state index in [0.717, 1.165) is 24.5 Å². The molecular formula is C6H13NOS. The first-order valence-corrected chi connectivity index (χ1v) is 4.86. The molecule has 1 aliphatic heterocycles. The van der Waals surface area contributed by atoms with Gasteiger partial charge >= 0.3 is 0 Å². The Kier molecular flexibility index (Phi) is 2.66. The van der Waals surface area contributed by atoms with E-state index >= 15 is 0 Å². The second-order valence-electron chi connectivity index (χ2n) is 2.49. The monoisotopic (exact) mass is 147 g/mol. The van der Waals surface area contributed by atoms with Crippen molar-refractivity contribution in [2.24, 2.45) is 0 Å². The molecule has 2 atom stereocenters. The van der Waals surface area contributed by atoms with Gasteiger partial charge in [-0.25, -0.2) is 0 Å². The lowest BCUT2D eigenvalue weighted by atomic mass is 10.3. The van der Waals surface area contributed by atoms with E-state index in [-0.39, 0.29) is 0 Å². The van der Waals surface area contributed by atoms with E-state index < -0.39 is 10.8 Å². The molecule has 0 aromatic heterocycles. The molecule has 1 rings (SSSR count). The summed E-state index contributed by atoms with van der Waals surface area (Å²) in [5.74, 6) is 1.72. The number of nitrogens with one attached hydrogen (secondary N) is 1. The van der Waals surface area contributed by atoms with E-state index in [0.29, 0.717) is 6.04 Å². The molecule has 0 bridgehead atoms. The van der Waals surface area contributed by atoms with Gasteiger partial charge in [0.05, 0.1) is 0 Å². The summed E-state index contributed by atoms with van der Waals surface area (Å²) >= 11 is 0. The summed E-state index contributed by atoms with van der Waals surface area (Å²) in [6.45, 7) is 3.07. The zero-order chi connectivity index (χ0) is 6.69. The van der Waals surface area contributed by atoms with E-state index in [1.165, 1.54) is 0 Å². The molecule has 0 aromatic carbocycles. The predicted octanol–water partition coefficient (Wildman–Crippen LogP) is 0.117. The smallest absolute Gasteiger partial charge is 0.0360 e. The van der Waals surface area contributed by atoms with Gasteiger partial charge in [0.1, 0.15) is 0 Å². The highest BCUT2D eigenvalue weighted by atomic mass is 32.2. The van der Waals surface area contributed by atoms with Crippen molar-refractivity contribution in [1.29, 1.82) is 0 Å². The van der Waals surface area contributed by atoms with Crippen LogP contribution in [0.1, 0.15) is 13.3 Å². The maximum absolute atomic E-state index is 10.9. The third-order valence-corrected chi connectivity index (χ3v) is 2.95. The maximum Gasteiger partial charge on any atom is 0.0360 e. The van der Waals surface area contributed by atoms with Gasteiger partial charge in [0.25, 0.3) is 0 Å². The van der Waals surface area contributed by atoms with Crippen LogP contribution < -0.4 is 5.32 Å². The lowest BCUT2D eigenvalue weighted by Crippen LogP contribution is -2.26. The molecule has 3 heteroatoms. The van der Waals surface area contributed by atoms with Crippen LogP contribution >= 0.6 is 0 Å². The minimum absolute atomic E-state index is 0.541. The highest BCUT2D eigenvalue weighted by Crippen LogP contribution is 1.97. The van der Waals surface area contributed by atoms with Gasteiger partial charge in [-0.3, -0.25) is 4.21 Å². The molecule has 0 saturated carbocycles.